The fraction of sp³-hybridized carbons (Fsp3) is 0.222. The van der Waals surface area contributed by atoms with Crippen LogP contribution in [0.15, 0.2) is 47.6 Å². The Morgan fingerprint density at radius 2 is 1.73 bits per heavy atom. The summed E-state index contributed by atoms with van der Waals surface area (Å²) in [5, 5.41) is 11.2. The number of hydrogen-bond acceptors (Lipinski definition) is 4. The molecule has 0 bridgehead atoms. The summed E-state index contributed by atoms with van der Waals surface area (Å²) in [5.74, 6) is 4.20. The average Bonchev–Trinajstić information content (AvgIpc) is 3.37. The van der Waals surface area contributed by atoms with E-state index >= 15 is 0 Å². The summed E-state index contributed by atoms with van der Waals surface area (Å²) in [6.07, 6.45) is 5.25. The third-order valence-electron chi connectivity index (χ3n) is 5.44. The van der Waals surface area contributed by atoms with E-state index < -0.39 is 17.2 Å². The molecule has 4 rings (SSSR count). The van der Waals surface area contributed by atoms with Gasteiger partial charge in [0.2, 0.25) is 0 Å². The molecule has 0 saturated carbocycles. The first-order valence-corrected chi connectivity index (χ1v) is 12.5. The van der Waals surface area contributed by atoms with Crippen LogP contribution in [0.4, 0.5) is 8.78 Å². The third kappa shape index (κ3) is 5.16. The van der Waals surface area contributed by atoms with Crippen LogP contribution < -0.4 is 0 Å². The molecule has 2 aromatic carbocycles. The SMILES string of the molecule is CCCCc1ccc(-c2cc3sc(C#Cc4cc(F)c(/C=N/O)c(F)c4)cc3s2)c(CC)c1. The summed E-state index contributed by atoms with van der Waals surface area (Å²) >= 11 is 3.32. The lowest BCUT2D eigenvalue weighted by atomic mass is 9.98. The van der Waals surface area contributed by atoms with Gasteiger partial charge in [0, 0.05) is 19.8 Å². The molecule has 33 heavy (non-hydrogen) atoms. The van der Waals surface area contributed by atoms with Crippen LogP contribution in [0.5, 0.6) is 0 Å². The third-order valence-corrected chi connectivity index (χ3v) is 7.68. The van der Waals surface area contributed by atoms with E-state index in [2.05, 4.69) is 55.1 Å². The number of aryl methyl sites for hydroxylation is 2. The van der Waals surface area contributed by atoms with Gasteiger partial charge in [-0.25, -0.2) is 8.78 Å². The number of oxime groups is 1. The number of unbranched alkanes of at least 4 members (excludes halogenated alkanes) is 1. The lowest BCUT2D eigenvalue weighted by Gasteiger charge is -2.09. The molecule has 0 radical (unpaired) electrons. The van der Waals surface area contributed by atoms with Gasteiger partial charge in [0.15, 0.2) is 0 Å². The molecular formula is C27H23F2NOS2. The van der Waals surface area contributed by atoms with Crippen molar-refractivity contribution in [1.82, 2.24) is 0 Å². The highest BCUT2D eigenvalue weighted by molar-refractivity contribution is 7.29. The average molecular weight is 480 g/mol. The molecule has 0 fully saturated rings. The van der Waals surface area contributed by atoms with E-state index in [4.69, 9.17) is 5.21 Å². The maximum atomic E-state index is 14.0. The van der Waals surface area contributed by atoms with Gasteiger partial charge in [0.25, 0.3) is 0 Å². The fourth-order valence-electron chi connectivity index (χ4n) is 3.72. The molecule has 168 valence electrons. The summed E-state index contributed by atoms with van der Waals surface area (Å²) in [6, 6.07) is 13.3. The number of rotatable bonds is 6. The number of fused-ring (bicyclic) bond motifs is 1. The Balaban J connectivity index is 1.59. The monoisotopic (exact) mass is 479 g/mol. The molecule has 0 amide bonds. The van der Waals surface area contributed by atoms with Crippen LogP contribution in [0.25, 0.3) is 19.8 Å². The minimum Gasteiger partial charge on any atom is -0.411 e. The van der Waals surface area contributed by atoms with Gasteiger partial charge in [-0.3, -0.25) is 0 Å². The molecule has 0 saturated heterocycles. The normalized spacial score (nSPS) is 11.3. The first-order chi connectivity index (χ1) is 16.0. The molecule has 0 atom stereocenters. The van der Waals surface area contributed by atoms with Crippen molar-refractivity contribution in [1.29, 1.82) is 0 Å². The van der Waals surface area contributed by atoms with Crippen LogP contribution in [-0.2, 0) is 12.8 Å². The maximum Gasteiger partial charge on any atom is 0.136 e. The van der Waals surface area contributed by atoms with E-state index in [0.29, 0.717) is 0 Å². The van der Waals surface area contributed by atoms with Crippen LogP contribution in [0, 0.1) is 23.5 Å². The molecule has 1 N–H and O–H groups in total. The molecule has 0 aliphatic heterocycles. The van der Waals surface area contributed by atoms with E-state index in [1.54, 1.807) is 22.7 Å². The molecule has 0 unspecified atom stereocenters. The van der Waals surface area contributed by atoms with Gasteiger partial charge < -0.3 is 5.21 Å². The fourth-order valence-corrected chi connectivity index (χ4v) is 6.03. The summed E-state index contributed by atoms with van der Waals surface area (Å²) < 4.78 is 30.3. The highest BCUT2D eigenvalue weighted by Crippen LogP contribution is 2.39. The zero-order chi connectivity index (χ0) is 23.4. The van der Waals surface area contributed by atoms with Crippen LogP contribution in [0.1, 0.15) is 53.8 Å². The second-order valence-electron chi connectivity index (χ2n) is 7.75. The Hall–Kier alpha value is -3.01. The summed E-state index contributed by atoms with van der Waals surface area (Å²) in [4.78, 5) is 2.09. The standard InChI is InChI=1S/C27H23F2NOS2/c1-3-5-6-17-8-10-21(19(4-2)11-17)25-15-27-26(33-25)14-20(32-27)9-7-18-12-23(28)22(16-30-31)24(29)13-18/h8,10-16,31H,3-6H2,1-2H3/b30-16+. The molecule has 0 aliphatic rings. The molecule has 0 aliphatic carbocycles. The second kappa shape index (κ2) is 10.3. The summed E-state index contributed by atoms with van der Waals surface area (Å²) in [7, 11) is 0. The van der Waals surface area contributed by atoms with Crippen molar-refractivity contribution >= 4 is 38.3 Å². The predicted octanol–water partition coefficient (Wildman–Crippen LogP) is 8.02. The highest BCUT2D eigenvalue weighted by atomic mass is 32.1. The minimum absolute atomic E-state index is 0.230. The smallest absolute Gasteiger partial charge is 0.136 e. The van der Waals surface area contributed by atoms with E-state index in [0.717, 1.165) is 45.5 Å². The molecule has 0 spiro atoms. The Morgan fingerprint density at radius 1 is 0.970 bits per heavy atom. The molecule has 2 aromatic heterocycles. The van der Waals surface area contributed by atoms with E-state index in [9.17, 15) is 8.78 Å². The van der Waals surface area contributed by atoms with Crippen molar-refractivity contribution in [3.8, 4) is 22.3 Å². The largest absolute Gasteiger partial charge is 0.411 e. The van der Waals surface area contributed by atoms with E-state index in [-0.39, 0.29) is 5.56 Å². The van der Waals surface area contributed by atoms with Crippen molar-refractivity contribution < 1.29 is 14.0 Å². The number of nitrogens with zero attached hydrogens (tertiary/aromatic N) is 1. The van der Waals surface area contributed by atoms with Crippen LogP contribution >= 0.6 is 22.7 Å². The molecule has 4 aromatic rings. The van der Waals surface area contributed by atoms with Gasteiger partial charge in [0.1, 0.15) is 11.6 Å². The quantitative estimate of drug-likeness (QED) is 0.129. The highest BCUT2D eigenvalue weighted by Gasteiger charge is 2.12. The molecule has 6 heteroatoms. The number of thiophene rings is 2. The minimum atomic E-state index is -0.818. The number of halogens is 2. The van der Waals surface area contributed by atoms with Crippen molar-refractivity contribution in [2.75, 3.05) is 0 Å². The summed E-state index contributed by atoms with van der Waals surface area (Å²) in [5.41, 5.74) is 3.90. The zero-order valence-electron chi connectivity index (χ0n) is 18.4. The van der Waals surface area contributed by atoms with Crippen molar-refractivity contribution in [2.24, 2.45) is 5.16 Å². The Bertz CT molecular complexity index is 1330. The summed E-state index contributed by atoms with van der Waals surface area (Å²) in [6.45, 7) is 4.41. The van der Waals surface area contributed by atoms with Crippen LogP contribution in [0.3, 0.4) is 0 Å². The Kier molecular flexibility index (Phi) is 7.22. The zero-order valence-corrected chi connectivity index (χ0v) is 20.0. The van der Waals surface area contributed by atoms with E-state index in [1.807, 2.05) is 6.07 Å². The first kappa shape index (κ1) is 23.2. The number of benzene rings is 2. The Morgan fingerprint density at radius 3 is 2.39 bits per heavy atom. The molecular weight excluding hydrogens is 456 g/mol. The Labute approximate surface area is 200 Å². The van der Waals surface area contributed by atoms with Crippen LogP contribution in [-0.4, -0.2) is 11.4 Å². The van der Waals surface area contributed by atoms with Gasteiger partial charge in [0.05, 0.1) is 16.7 Å². The first-order valence-electron chi connectivity index (χ1n) is 10.9. The van der Waals surface area contributed by atoms with Crippen molar-refractivity contribution in [3.63, 3.8) is 0 Å². The van der Waals surface area contributed by atoms with Gasteiger partial charge in [-0.2, -0.15) is 0 Å². The van der Waals surface area contributed by atoms with Gasteiger partial charge >= 0.3 is 0 Å². The van der Waals surface area contributed by atoms with Gasteiger partial charge in [-0.15, -0.1) is 22.7 Å². The van der Waals surface area contributed by atoms with Gasteiger partial charge in [-0.1, -0.05) is 55.5 Å². The van der Waals surface area contributed by atoms with Crippen molar-refractivity contribution in [2.45, 2.75) is 39.5 Å². The van der Waals surface area contributed by atoms with Crippen LogP contribution in [0.2, 0.25) is 0 Å². The van der Waals surface area contributed by atoms with Crippen molar-refractivity contribution in [3.05, 3.63) is 81.2 Å². The molecule has 2 heterocycles. The lowest BCUT2D eigenvalue weighted by molar-refractivity contribution is 0.321. The topological polar surface area (TPSA) is 32.6 Å². The van der Waals surface area contributed by atoms with E-state index in [1.165, 1.54) is 34.4 Å². The number of hydrogen-bond donors (Lipinski definition) is 1. The second-order valence-corrected chi connectivity index (χ2v) is 9.91. The molecule has 2 nitrogen and oxygen atoms in total. The van der Waals surface area contributed by atoms with Gasteiger partial charge in [-0.05, 0) is 60.2 Å². The lowest BCUT2D eigenvalue weighted by Crippen LogP contribution is -1.95. The predicted molar refractivity (Wildman–Crippen MR) is 135 cm³/mol. The maximum absolute atomic E-state index is 14.0.